The van der Waals surface area contributed by atoms with Crippen molar-refractivity contribution < 1.29 is 0 Å². The van der Waals surface area contributed by atoms with Crippen molar-refractivity contribution in [2.45, 2.75) is 29.9 Å². The van der Waals surface area contributed by atoms with Crippen LogP contribution in [0, 0.1) is 0 Å². The lowest BCUT2D eigenvalue weighted by Gasteiger charge is -2.11. The van der Waals surface area contributed by atoms with E-state index in [4.69, 9.17) is 5.10 Å². The first-order valence-corrected chi connectivity index (χ1v) is 10.1. The lowest BCUT2D eigenvalue weighted by Crippen LogP contribution is -2.01. The van der Waals surface area contributed by atoms with E-state index in [1.165, 1.54) is 10.5 Å². The molecule has 4 nitrogen and oxygen atoms in total. The Balaban J connectivity index is 1.59. The van der Waals surface area contributed by atoms with Gasteiger partial charge >= 0.3 is 0 Å². The van der Waals surface area contributed by atoms with Crippen molar-refractivity contribution in [3.05, 3.63) is 77.1 Å². The van der Waals surface area contributed by atoms with E-state index >= 15 is 0 Å². The zero-order valence-corrected chi connectivity index (χ0v) is 15.5. The van der Waals surface area contributed by atoms with Gasteiger partial charge in [0.1, 0.15) is 5.01 Å². The predicted molar refractivity (Wildman–Crippen MR) is 103 cm³/mol. The highest BCUT2D eigenvalue weighted by molar-refractivity contribution is 7.98. The molecule has 0 N–H and O–H groups in total. The van der Waals surface area contributed by atoms with Crippen LogP contribution in [0.4, 0.5) is 0 Å². The molecule has 0 bridgehead atoms. The van der Waals surface area contributed by atoms with Crippen LogP contribution in [0.5, 0.6) is 0 Å². The molecule has 0 amide bonds. The number of aromatic nitrogens is 4. The Morgan fingerprint density at radius 1 is 1.00 bits per heavy atom. The Morgan fingerprint density at radius 2 is 1.72 bits per heavy atom. The molecule has 0 spiro atoms. The summed E-state index contributed by atoms with van der Waals surface area (Å²) in [6, 6.07) is 20.9. The zero-order valence-electron chi connectivity index (χ0n) is 13.9. The topological polar surface area (TPSA) is 43.1 Å². The molecule has 2 heterocycles. The van der Waals surface area contributed by atoms with E-state index in [0.717, 1.165) is 28.0 Å². The van der Waals surface area contributed by atoms with Gasteiger partial charge in [-0.3, -0.25) is 0 Å². The third kappa shape index (κ3) is 3.45. The third-order valence-corrected chi connectivity index (χ3v) is 6.11. The second-order valence-electron chi connectivity index (χ2n) is 5.72. The molecule has 25 heavy (non-hydrogen) atoms. The van der Waals surface area contributed by atoms with Crippen molar-refractivity contribution in [2.24, 2.45) is 0 Å². The van der Waals surface area contributed by atoms with Gasteiger partial charge in [0.05, 0.1) is 5.75 Å². The summed E-state index contributed by atoms with van der Waals surface area (Å²) in [5.74, 6) is 1.97. The first-order chi connectivity index (χ1) is 12.3. The molecule has 0 radical (unpaired) electrons. The van der Waals surface area contributed by atoms with Crippen LogP contribution in [0.1, 0.15) is 35.7 Å². The van der Waals surface area contributed by atoms with Gasteiger partial charge in [-0.05, 0) is 24.1 Å². The molecular formula is C19H18N4S2. The normalized spacial score (nSPS) is 12.5. The molecule has 2 aromatic heterocycles. The maximum absolute atomic E-state index is 4.83. The van der Waals surface area contributed by atoms with Crippen LogP contribution in [0.3, 0.4) is 0 Å². The van der Waals surface area contributed by atoms with Crippen LogP contribution in [-0.4, -0.2) is 19.8 Å². The summed E-state index contributed by atoms with van der Waals surface area (Å²) in [4.78, 5) is 2.10. The summed E-state index contributed by atoms with van der Waals surface area (Å²) in [7, 11) is 0. The van der Waals surface area contributed by atoms with Gasteiger partial charge in [-0.2, -0.15) is 9.61 Å². The Kier molecular flexibility index (Phi) is 4.81. The van der Waals surface area contributed by atoms with Gasteiger partial charge in [0.25, 0.3) is 0 Å². The fraction of sp³-hybridized carbons (Fsp3) is 0.211. The molecule has 1 atom stereocenters. The van der Waals surface area contributed by atoms with E-state index in [2.05, 4.69) is 53.5 Å². The number of hydrogen-bond acceptors (Lipinski definition) is 5. The summed E-state index contributed by atoms with van der Waals surface area (Å²) >= 11 is 3.39. The van der Waals surface area contributed by atoms with E-state index in [1.807, 2.05) is 28.8 Å². The van der Waals surface area contributed by atoms with Crippen molar-refractivity contribution in [2.75, 3.05) is 0 Å². The molecule has 0 saturated carbocycles. The molecule has 0 aliphatic heterocycles. The highest BCUT2D eigenvalue weighted by Crippen LogP contribution is 2.31. The summed E-state index contributed by atoms with van der Waals surface area (Å²) < 4.78 is 1.90. The van der Waals surface area contributed by atoms with Crippen molar-refractivity contribution in [1.82, 2.24) is 19.8 Å². The molecule has 0 aliphatic carbocycles. The van der Waals surface area contributed by atoms with Crippen LogP contribution < -0.4 is 0 Å². The van der Waals surface area contributed by atoms with Crippen LogP contribution >= 0.6 is 23.1 Å². The third-order valence-electron chi connectivity index (χ3n) is 4.09. The highest BCUT2D eigenvalue weighted by atomic mass is 32.2. The van der Waals surface area contributed by atoms with Gasteiger partial charge < -0.3 is 0 Å². The Labute approximate surface area is 154 Å². The average molecular weight is 367 g/mol. The molecule has 1 unspecified atom stereocenters. The molecule has 4 rings (SSSR count). The lowest BCUT2D eigenvalue weighted by molar-refractivity contribution is 0.735. The minimum Gasteiger partial charge on any atom is -0.186 e. The van der Waals surface area contributed by atoms with Gasteiger partial charge in [-0.15, -0.1) is 22.0 Å². The van der Waals surface area contributed by atoms with Gasteiger partial charge in [-0.25, -0.2) is 0 Å². The largest absolute Gasteiger partial charge is 0.234 e. The second-order valence-corrected chi connectivity index (χ2v) is 7.76. The standard InChI is InChI=1S/C19H18N4S2/c1-2-16(14-9-5-3-6-10-14)18-22-23-17(20-21-19(23)25-18)13-24-15-11-7-4-8-12-15/h3-12,16H,2,13H2,1H3. The summed E-state index contributed by atoms with van der Waals surface area (Å²) in [5.41, 5.74) is 1.30. The Bertz CT molecular complexity index is 947. The van der Waals surface area contributed by atoms with Gasteiger partial charge in [0.2, 0.25) is 4.96 Å². The zero-order chi connectivity index (χ0) is 17.1. The Morgan fingerprint density at radius 3 is 2.44 bits per heavy atom. The van der Waals surface area contributed by atoms with Crippen LogP contribution in [0.25, 0.3) is 4.96 Å². The molecule has 6 heteroatoms. The molecule has 4 aromatic rings. The molecule has 0 fully saturated rings. The minimum absolute atomic E-state index is 0.308. The summed E-state index contributed by atoms with van der Waals surface area (Å²) in [6.45, 7) is 2.20. The van der Waals surface area contributed by atoms with Crippen molar-refractivity contribution in [3.8, 4) is 0 Å². The number of rotatable bonds is 6. The fourth-order valence-corrected chi connectivity index (χ4v) is 4.70. The maximum Gasteiger partial charge on any atom is 0.234 e. The van der Waals surface area contributed by atoms with Gasteiger partial charge in [0.15, 0.2) is 5.82 Å². The maximum atomic E-state index is 4.83. The number of hydrogen-bond donors (Lipinski definition) is 0. The van der Waals surface area contributed by atoms with Crippen molar-refractivity contribution in [1.29, 1.82) is 0 Å². The monoisotopic (exact) mass is 366 g/mol. The number of thioether (sulfide) groups is 1. The molecular weight excluding hydrogens is 348 g/mol. The van der Waals surface area contributed by atoms with Crippen LogP contribution in [0.15, 0.2) is 65.6 Å². The number of benzene rings is 2. The first kappa shape index (κ1) is 16.3. The quantitative estimate of drug-likeness (QED) is 0.449. The summed E-state index contributed by atoms with van der Waals surface area (Å²) in [5, 5.41) is 14.6. The molecule has 0 saturated heterocycles. The van der Waals surface area contributed by atoms with E-state index in [-0.39, 0.29) is 0 Å². The van der Waals surface area contributed by atoms with E-state index in [0.29, 0.717) is 5.92 Å². The minimum atomic E-state index is 0.308. The van der Waals surface area contributed by atoms with Crippen molar-refractivity contribution >= 4 is 28.1 Å². The lowest BCUT2D eigenvalue weighted by atomic mass is 9.97. The summed E-state index contributed by atoms with van der Waals surface area (Å²) in [6.07, 6.45) is 1.02. The van der Waals surface area contributed by atoms with Crippen molar-refractivity contribution in [3.63, 3.8) is 0 Å². The predicted octanol–water partition coefficient (Wildman–Crippen LogP) is 5.02. The SMILES string of the molecule is CCC(c1ccccc1)c1nn2c(CSc3ccccc3)nnc2s1. The van der Waals surface area contributed by atoms with Crippen LogP contribution in [0.2, 0.25) is 0 Å². The number of nitrogens with zero attached hydrogens (tertiary/aromatic N) is 4. The first-order valence-electron chi connectivity index (χ1n) is 8.29. The smallest absolute Gasteiger partial charge is 0.186 e. The van der Waals surface area contributed by atoms with E-state index in [1.54, 1.807) is 23.1 Å². The molecule has 2 aromatic carbocycles. The van der Waals surface area contributed by atoms with Gasteiger partial charge in [-0.1, -0.05) is 66.8 Å². The Hall–Kier alpha value is -2.18. The highest BCUT2D eigenvalue weighted by Gasteiger charge is 2.19. The fourth-order valence-electron chi connectivity index (χ4n) is 2.81. The van der Waals surface area contributed by atoms with Gasteiger partial charge in [0, 0.05) is 10.8 Å². The second kappa shape index (κ2) is 7.37. The van der Waals surface area contributed by atoms with E-state index in [9.17, 15) is 0 Å². The molecule has 126 valence electrons. The van der Waals surface area contributed by atoms with E-state index < -0.39 is 0 Å². The molecule has 0 aliphatic rings. The number of fused-ring (bicyclic) bond motifs is 1. The average Bonchev–Trinajstić information content (AvgIpc) is 3.23. The van der Waals surface area contributed by atoms with Crippen LogP contribution in [-0.2, 0) is 5.75 Å².